The van der Waals surface area contributed by atoms with E-state index in [0.717, 1.165) is 17.9 Å². The Bertz CT molecular complexity index is 484. The van der Waals surface area contributed by atoms with Crippen LogP contribution in [0, 0.1) is 17.8 Å². The van der Waals surface area contributed by atoms with Gasteiger partial charge in [-0.15, -0.1) is 0 Å². The highest BCUT2D eigenvalue weighted by atomic mass is 16.1. The lowest BCUT2D eigenvalue weighted by Gasteiger charge is -2.15. The molecule has 1 heteroatoms. The lowest BCUT2D eigenvalue weighted by atomic mass is 9.89. The molecule has 18 heavy (non-hydrogen) atoms. The molecule has 1 nitrogen and oxygen atoms in total. The van der Waals surface area contributed by atoms with E-state index < -0.39 is 0 Å². The van der Waals surface area contributed by atoms with E-state index in [2.05, 4.69) is 12.2 Å². The molecule has 3 unspecified atom stereocenters. The van der Waals surface area contributed by atoms with Gasteiger partial charge in [-0.05, 0) is 42.2 Å². The first-order valence-electron chi connectivity index (χ1n) is 6.75. The molecule has 2 aliphatic rings. The first-order chi connectivity index (χ1) is 8.81. The summed E-state index contributed by atoms with van der Waals surface area (Å²) in [6.07, 6.45) is 11.5. The number of carbonyl (C=O) groups is 1. The molecular weight excluding hydrogens is 220 g/mol. The van der Waals surface area contributed by atoms with E-state index in [0.29, 0.717) is 11.8 Å². The number of carbonyl (C=O) groups excluding carboxylic acids is 1. The van der Waals surface area contributed by atoms with Crippen molar-refractivity contribution in [3.63, 3.8) is 0 Å². The highest BCUT2D eigenvalue weighted by molar-refractivity contribution is 5.93. The molecule has 3 rings (SSSR count). The zero-order chi connectivity index (χ0) is 12.4. The summed E-state index contributed by atoms with van der Waals surface area (Å²) in [6.45, 7) is 0. The smallest absolute Gasteiger partial charge is 0.156 e. The highest BCUT2D eigenvalue weighted by Crippen LogP contribution is 2.44. The lowest BCUT2D eigenvalue weighted by Crippen LogP contribution is -2.11. The average molecular weight is 238 g/mol. The Morgan fingerprint density at radius 1 is 1.17 bits per heavy atom. The van der Waals surface area contributed by atoms with Gasteiger partial charge in [0.15, 0.2) is 5.78 Å². The second-order valence-electron chi connectivity index (χ2n) is 5.45. The van der Waals surface area contributed by atoms with Crippen LogP contribution in [0.1, 0.15) is 24.8 Å². The van der Waals surface area contributed by atoms with Gasteiger partial charge in [0.05, 0.1) is 0 Å². The van der Waals surface area contributed by atoms with Crippen LogP contribution in [0.5, 0.6) is 0 Å². The number of benzene rings is 1. The number of hydrogen-bond donors (Lipinski definition) is 0. The van der Waals surface area contributed by atoms with E-state index >= 15 is 0 Å². The van der Waals surface area contributed by atoms with Crippen molar-refractivity contribution in [2.45, 2.75) is 19.3 Å². The van der Waals surface area contributed by atoms with Crippen molar-refractivity contribution in [3.8, 4) is 0 Å². The topological polar surface area (TPSA) is 17.1 Å². The molecule has 0 N–H and O–H groups in total. The van der Waals surface area contributed by atoms with Crippen molar-refractivity contribution in [1.29, 1.82) is 0 Å². The molecule has 3 atom stereocenters. The third-order valence-corrected chi connectivity index (χ3v) is 4.14. The van der Waals surface area contributed by atoms with Gasteiger partial charge < -0.3 is 0 Å². The predicted octanol–water partition coefficient (Wildman–Crippen LogP) is 3.87. The van der Waals surface area contributed by atoms with Crippen LogP contribution in [0.15, 0.2) is 48.6 Å². The molecule has 0 aromatic heterocycles. The van der Waals surface area contributed by atoms with Crippen LogP contribution >= 0.6 is 0 Å². The van der Waals surface area contributed by atoms with Gasteiger partial charge in [0.1, 0.15) is 0 Å². The Morgan fingerprint density at radius 2 is 2.00 bits per heavy atom. The highest BCUT2D eigenvalue weighted by Gasteiger charge is 2.35. The van der Waals surface area contributed by atoms with Crippen molar-refractivity contribution in [2.24, 2.45) is 17.8 Å². The Hall–Kier alpha value is -1.63. The maximum atomic E-state index is 11.9. The second-order valence-corrected chi connectivity index (χ2v) is 5.45. The molecule has 1 fully saturated rings. The fourth-order valence-corrected chi connectivity index (χ4v) is 3.21. The molecule has 1 saturated carbocycles. The minimum atomic E-state index is 0.268. The summed E-state index contributed by atoms with van der Waals surface area (Å²) in [4.78, 5) is 11.9. The van der Waals surface area contributed by atoms with Crippen LogP contribution < -0.4 is 0 Å². The molecule has 0 radical (unpaired) electrons. The third kappa shape index (κ3) is 2.45. The monoisotopic (exact) mass is 238 g/mol. The molecule has 1 aromatic carbocycles. The maximum Gasteiger partial charge on any atom is 0.156 e. The number of fused-ring (bicyclic) bond motifs is 2. The first-order valence-corrected chi connectivity index (χ1v) is 6.75. The number of rotatable bonds is 4. The fraction of sp³-hybridized carbons (Fsp3) is 0.353. The van der Waals surface area contributed by atoms with E-state index in [9.17, 15) is 4.79 Å². The van der Waals surface area contributed by atoms with Crippen molar-refractivity contribution in [2.75, 3.05) is 0 Å². The van der Waals surface area contributed by atoms with Crippen LogP contribution in [0.25, 0.3) is 6.08 Å². The van der Waals surface area contributed by atoms with Crippen LogP contribution in [0.2, 0.25) is 0 Å². The van der Waals surface area contributed by atoms with Crippen molar-refractivity contribution in [1.82, 2.24) is 0 Å². The maximum absolute atomic E-state index is 11.9. The molecule has 92 valence electrons. The standard InChI is InChI=1S/C17H18O/c18-17(9-7-13-4-2-1-3-5-13)12-16-11-14-6-8-15(16)10-14/h1-9,14-16H,10-12H2/b9-7+. The number of allylic oxidation sites excluding steroid dienone is 3. The minimum Gasteiger partial charge on any atom is -0.295 e. The summed E-state index contributed by atoms with van der Waals surface area (Å²) in [7, 11) is 0. The number of hydrogen-bond acceptors (Lipinski definition) is 1. The van der Waals surface area contributed by atoms with E-state index in [-0.39, 0.29) is 5.78 Å². The molecule has 2 aliphatic carbocycles. The summed E-state index contributed by atoms with van der Waals surface area (Å²) in [6, 6.07) is 10.0. The normalized spacial score (nSPS) is 29.2. The SMILES string of the molecule is O=C(/C=C/c1ccccc1)CC1CC2C=CC1C2. The summed E-state index contributed by atoms with van der Waals surface area (Å²) >= 11 is 0. The molecule has 2 bridgehead atoms. The zero-order valence-electron chi connectivity index (χ0n) is 10.5. The predicted molar refractivity (Wildman–Crippen MR) is 73.9 cm³/mol. The average Bonchev–Trinajstić information content (AvgIpc) is 3.00. The quantitative estimate of drug-likeness (QED) is 0.575. The molecule has 0 spiro atoms. The van der Waals surface area contributed by atoms with Crippen LogP contribution in [0.3, 0.4) is 0 Å². The Labute approximate surface area is 108 Å². The first kappa shape index (κ1) is 11.5. The minimum absolute atomic E-state index is 0.268. The zero-order valence-corrected chi connectivity index (χ0v) is 10.5. The molecular formula is C17H18O. The van der Waals surface area contributed by atoms with E-state index in [1.165, 1.54) is 12.8 Å². The summed E-state index contributed by atoms with van der Waals surface area (Å²) in [5.74, 6) is 2.28. The van der Waals surface area contributed by atoms with Gasteiger partial charge in [0.2, 0.25) is 0 Å². The lowest BCUT2D eigenvalue weighted by molar-refractivity contribution is -0.115. The van der Waals surface area contributed by atoms with Crippen molar-refractivity contribution < 1.29 is 4.79 Å². The van der Waals surface area contributed by atoms with Crippen LogP contribution in [-0.2, 0) is 4.79 Å². The van der Waals surface area contributed by atoms with E-state index in [1.54, 1.807) is 6.08 Å². The van der Waals surface area contributed by atoms with Gasteiger partial charge in [-0.1, -0.05) is 48.6 Å². The van der Waals surface area contributed by atoms with Crippen LogP contribution in [-0.4, -0.2) is 5.78 Å². The largest absolute Gasteiger partial charge is 0.295 e. The second kappa shape index (κ2) is 4.93. The summed E-state index contributed by atoms with van der Waals surface area (Å²) in [5.41, 5.74) is 1.10. The Kier molecular flexibility index (Phi) is 3.14. The Morgan fingerprint density at radius 3 is 2.67 bits per heavy atom. The third-order valence-electron chi connectivity index (χ3n) is 4.14. The molecule has 0 saturated heterocycles. The fourth-order valence-electron chi connectivity index (χ4n) is 3.21. The molecule has 0 aliphatic heterocycles. The molecule has 0 amide bonds. The van der Waals surface area contributed by atoms with Gasteiger partial charge in [0, 0.05) is 6.42 Å². The molecule has 0 heterocycles. The van der Waals surface area contributed by atoms with Crippen LogP contribution in [0.4, 0.5) is 0 Å². The van der Waals surface area contributed by atoms with Gasteiger partial charge in [0.25, 0.3) is 0 Å². The van der Waals surface area contributed by atoms with Gasteiger partial charge in [-0.25, -0.2) is 0 Å². The van der Waals surface area contributed by atoms with Crippen molar-refractivity contribution >= 4 is 11.9 Å². The Balaban J connectivity index is 1.56. The van der Waals surface area contributed by atoms with Crippen molar-refractivity contribution in [3.05, 3.63) is 54.1 Å². The number of ketones is 1. The summed E-state index contributed by atoms with van der Waals surface area (Å²) in [5, 5.41) is 0. The van der Waals surface area contributed by atoms with Gasteiger partial charge >= 0.3 is 0 Å². The van der Waals surface area contributed by atoms with Gasteiger partial charge in [-0.2, -0.15) is 0 Å². The summed E-state index contributed by atoms with van der Waals surface area (Å²) < 4.78 is 0. The molecule has 1 aromatic rings. The van der Waals surface area contributed by atoms with Gasteiger partial charge in [-0.3, -0.25) is 4.79 Å². The van der Waals surface area contributed by atoms with E-state index in [4.69, 9.17) is 0 Å². The van der Waals surface area contributed by atoms with E-state index in [1.807, 2.05) is 36.4 Å².